The van der Waals surface area contributed by atoms with E-state index in [-0.39, 0.29) is 0 Å². The first-order chi connectivity index (χ1) is 9.25. The van der Waals surface area contributed by atoms with Crippen LogP contribution in [0, 0.1) is 0 Å². The van der Waals surface area contributed by atoms with Crippen molar-refractivity contribution in [2.75, 3.05) is 23.0 Å². The van der Waals surface area contributed by atoms with Crippen LogP contribution in [-0.4, -0.2) is 30.1 Å². The first-order valence-corrected chi connectivity index (χ1v) is 8.64. The highest BCUT2D eigenvalue weighted by Crippen LogP contribution is 2.32. The van der Waals surface area contributed by atoms with E-state index in [2.05, 4.69) is 29.3 Å². The van der Waals surface area contributed by atoms with Crippen molar-refractivity contribution in [2.24, 2.45) is 0 Å². The van der Waals surface area contributed by atoms with E-state index in [1.54, 1.807) is 0 Å². The van der Waals surface area contributed by atoms with Gasteiger partial charge >= 0.3 is 0 Å². The zero-order chi connectivity index (χ0) is 13.2. The van der Waals surface area contributed by atoms with Gasteiger partial charge in [0.2, 0.25) is 0 Å². The molecule has 0 aromatic heterocycles. The second-order valence-corrected chi connectivity index (χ2v) is 7.07. The van der Waals surface area contributed by atoms with Crippen LogP contribution >= 0.6 is 23.4 Å². The van der Waals surface area contributed by atoms with Crippen LogP contribution in [0.15, 0.2) is 18.2 Å². The van der Waals surface area contributed by atoms with Crippen molar-refractivity contribution < 1.29 is 0 Å². The quantitative estimate of drug-likeness (QED) is 0.915. The van der Waals surface area contributed by atoms with E-state index in [9.17, 15) is 0 Å². The molecule has 1 aromatic rings. The average Bonchev–Trinajstić information content (AvgIpc) is 3.22. The summed E-state index contributed by atoms with van der Waals surface area (Å²) in [4.78, 5) is 2.52. The maximum atomic E-state index is 6.43. The van der Waals surface area contributed by atoms with Gasteiger partial charge in [-0.15, -0.1) is 0 Å². The molecule has 1 aliphatic heterocycles. The van der Waals surface area contributed by atoms with Gasteiger partial charge in [-0.2, -0.15) is 11.8 Å². The molecular formula is C15H21ClN2S. The standard InChI is InChI=1S/C15H21ClN2S/c1-11-10-19-8-7-18(11)15-4-2-3-14(16)13(15)9-17-12-5-6-12/h2-4,11-12,17H,5-10H2,1H3. The average molecular weight is 297 g/mol. The zero-order valence-corrected chi connectivity index (χ0v) is 12.9. The molecule has 1 aromatic carbocycles. The first kappa shape index (κ1) is 13.6. The molecule has 104 valence electrons. The van der Waals surface area contributed by atoms with Crippen molar-refractivity contribution in [1.82, 2.24) is 5.32 Å². The van der Waals surface area contributed by atoms with Crippen LogP contribution in [-0.2, 0) is 6.54 Å². The lowest BCUT2D eigenvalue weighted by Gasteiger charge is -2.36. The van der Waals surface area contributed by atoms with Crippen LogP contribution in [0.25, 0.3) is 0 Å². The Bertz CT molecular complexity index is 448. The summed E-state index contributed by atoms with van der Waals surface area (Å²) < 4.78 is 0. The van der Waals surface area contributed by atoms with Gasteiger partial charge in [0.05, 0.1) is 0 Å². The lowest BCUT2D eigenvalue weighted by atomic mass is 10.1. The minimum absolute atomic E-state index is 0.594. The maximum Gasteiger partial charge on any atom is 0.0471 e. The molecule has 1 aliphatic carbocycles. The van der Waals surface area contributed by atoms with Crippen molar-refractivity contribution in [1.29, 1.82) is 0 Å². The molecule has 2 fully saturated rings. The number of rotatable bonds is 4. The van der Waals surface area contributed by atoms with E-state index in [0.717, 1.165) is 24.2 Å². The van der Waals surface area contributed by atoms with Crippen LogP contribution in [0.1, 0.15) is 25.3 Å². The van der Waals surface area contributed by atoms with Gasteiger partial charge in [0.25, 0.3) is 0 Å². The second-order valence-electron chi connectivity index (χ2n) is 5.51. The second kappa shape index (κ2) is 5.94. The number of hydrogen-bond donors (Lipinski definition) is 1. The Morgan fingerprint density at radius 2 is 2.26 bits per heavy atom. The maximum absolute atomic E-state index is 6.43. The number of thioether (sulfide) groups is 1. The summed E-state index contributed by atoms with van der Waals surface area (Å²) in [6.07, 6.45) is 2.63. The van der Waals surface area contributed by atoms with E-state index < -0.39 is 0 Å². The number of benzene rings is 1. The predicted molar refractivity (Wildman–Crippen MR) is 85.4 cm³/mol. The van der Waals surface area contributed by atoms with Gasteiger partial charge in [-0.3, -0.25) is 0 Å². The molecule has 2 aliphatic rings. The summed E-state index contributed by atoms with van der Waals surface area (Å²) in [6.45, 7) is 4.34. The van der Waals surface area contributed by atoms with Crippen LogP contribution in [0.2, 0.25) is 5.02 Å². The highest BCUT2D eigenvalue weighted by atomic mass is 35.5. The summed E-state index contributed by atoms with van der Waals surface area (Å²) in [5.74, 6) is 2.42. The Morgan fingerprint density at radius 1 is 1.42 bits per heavy atom. The SMILES string of the molecule is CC1CSCCN1c1cccc(Cl)c1CNC1CC1. The van der Waals surface area contributed by atoms with Crippen LogP contribution in [0.3, 0.4) is 0 Å². The number of hydrogen-bond acceptors (Lipinski definition) is 3. The third-order valence-corrected chi connectivity index (χ3v) is 5.46. The zero-order valence-electron chi connectivity index (χ0n) is 11.4. The molecule has 1 unspecified atom stereocenters. The van der Waals surface area contributed by atoms with Crippen molar-refractivity contribution >= 4 is 29.1 Å². The van der Waals surface area contributed by atoms with E-state index in [1.165, 1.54) is 35.6 Å². The smallest absolute Gasteiger partial charge is 0.0471 e. The highest BCUT2D eigenvalue weighted by molar-refractivity contribution is 7.99. The van der Waals surface area contributed by atoms with Crippen LogP contribution in [0.5, 0.6) is 0 Å². The van der Waals surface area contributed by atoms with Gasteiger partial charge in [0.15, 0.2) is 0 Å². The minimum atomic E-state index is 0.594. The lowest BCUT2D eigenvalue weighted by molar-refractivity contribution is 0.666. The highest BCUT2D eigenvalue weighted by Gasteiger charge is 2.24. The molecule has 0 bridgehead atoms. The van der Waals surface area contributed by atoms with Gasteiger partial charge < -0.3 is 10.2 Å². The molecule has 3 rings (SSSR count). The van der Waals surface area contributed by atoms with Crippen molar-refractivity contribution in [3.05, 3.63) is 28.8 Å². The molecule has 4 heteroatoms. The fraction of sp³-hybridized carbons (Fsp3) is 0.600. The minimum Gasteiger partial charge on any atom is -0.367 e. The molecule has 1 heterocycles. The Hall–Kier alpha value is -0.380. The molecule has 2 nitrogen and oxygen atoms in total. The topological polar surface area (TPSA) is 15.3 Å². The Balaban J connectivity index is 1.83. The first-order valence-electron chi connectivity index (χ1n) is 7.11. The van der Waals surface area contributed by atoms with E-state index in [4.69, 9.17) is 11.6 Å². The van der Waals surface area contributed by atoms with Gasteiger partial charge in [-0.1, -0.05) is 17.7 Å². The van der Waals surface area contributed by atoms with Crippen LogP contribution in [0.4, 0.5) is 5.69 Å². The predicted octanol–water partition coefficient (Wildman–Crippen LogP) is 3.53. The molecule has 0 spiro atoms. The van der Waals surface area contributed by atoms with Gasteiger partial charge in [-0.25, -0.2) is 0 Å². The summed E-state index contributed by atoms with van der Waals surface area (Å²) in [5.41, 5.74) is 2.60. The normalized spacial score (nSPS) is 23.7. The summed E-state index contributed by atoms with van der Waals surface area (Å²) in [5, 5.41) is 4.49. The van der Waals surface area contributed by atoms with Gasteiger partial charge in [0, 0.05) is 53.0 Å². The molecule has 1 saturated carbocycles. The molecule has 1 atom stereocenters. The third kappa shape index (κ3) is 3.21. The fourth-order valence-corrected chi connectivity index (χ4v) is 3.86. The third-order valence-electron chi connectivity index (χ3n) is 3.92. The summed E-state index contributed by atoms with van der Waals surface area (Å²) in [6, 6.07) is 7.63. The van der Waals surface area contributed by atoms with Crippen molar-refractivity contribution in [2.45, 2.75) is 38.4 Å². The van der Waals surface area contributed by atoms with Gasteiger partial charge in [0.1, 0.15) is 0 Å². The number of anilines is 1. The molecule has 1 N–H and O–H groups in total. The van der Waals surface area contributed by atoms with Gasteiger partial charge in [-0.05, 0) is 31.9 Å². The summed E-state index contributed by atoms with van der Waals surface area (Å²) in [7, 11) is 0. The lowest BCUT2D eigenvalue weighted by Crippen LogP contribution is -2.41. The number of nitrogens with one attached hydrogen (secondary N) is 1. The molecule has 0 radical (unpaired) electrons. The monoisotopic (exact) mass is 296 g/mol. The molecular weight excluding hydrogens is 276 g/mol. The fourth-order valence-electron chi connectivity index (χ4n) is 2.61. The number of nitrogens with zero attached hydrogens (tertiary/aromatic N) is 1. The van der Waals surface area contributed by atoms with E-state index >= 15 is 0 Å². The Kier molecular flexibility index (Phi) is 4.25. The van der Waals surface area contributed by atoms with E-state index in [0.29, 0.717) is 6.04 Å². The summed E-state index contributed by atoms with van der Waals surface area (Å²) >= 11 is 8.48. The van der Waals surface area contributed by atoms with E-state index in [1.807, 2.05) is 17.8 Å². The Labute approximate surface area is 124 Å². The molecule has 19 heavy (non-hydrogen) atoms. The Morgan fingerprint density at radius 3 is 3.00 bits per heavy atom. The van der Waals surface area contributed by atoms with Crippen LogP contribution < -0.4 is 10.2 Å². The van der Waals surface area contributed by atoms with Crippen molar-refractivity contribution in [3.63, 3.8) is 0 Å². The van der Waals surface area contributed by atoms with Crippen molar-refractivity contribution in [3.8, 4) is 0 Å². The number of halogens is 1. The molecule has 0 amide bonds. The largest absolute Gasteiger partial charge is 0.367 e. The molecule has 1 saturated heterocycles.